The SMILES string of the molecule is COCCOCOCC#Cc1ccccc1N=C(C)C(F)(F)F. The van der Waals surface area contributed by atoms with Crippen LogP contribution >= 0.6 is 0 Å². The smallest absolute Gasteiger partial charge is 0.382 e. The van der Waals surface area contributed by atoms with Crippen molar-refractivity contribution in [1.82, 2.24) is 0 Å². The van der Waals surface area contributed by atoms with Gasteiger partial charge in [0.2, 0.25) is 0 Å². The molecule has 1 aromatic rings. The Balaban J connectivity index is 2.60. The molecule has 0 aliphatic rings. The quantitative estimate of drug-likeness (QED) is 0.333. The average Bonchev–Trinajstić information content (AvgIpc) is 2.50. The highest BCUT2D eigenvalue weighted by Gasteiger charge is 2.31. The van der Waals surface area contributed by atoms with Crippen molar-refractivity contribution in [2.24, 2.45) is 4.99 Å². The number of rotatable bonds is 7. The average molecular weight is 329 g/mol. The number of ether oxygens (including phenoxy) is 3. The van der Waals surface area contributed by atoms with Crippen molar-refractivity contribution in [3.63, 3.8) is 0 Å². The number of hydrogen-bond acceptors (Lipinski definition) is 4. The van der Waals surface area contributed by atoms with E-state index < -0.39 is 11.9 Å². The number of methoxy groups -OCH3 is 1. The van der Waals surface area contributed by atoms with Gasteiger partial charge in [0.25, 0.3) is 0 Å². The highest BCUT2D eigenvalue weighted by Crippen LogP contribution is 2.23. The molecular weight excluding hydrogens is 311 g/mol. The summed E-state index contributed by atoms with van der Waals surface area (Å²) in [5, 5.41) is 0. The Morgan fingerprint density at radius 2 is 1.91 bits per heavy atom. The van der Waals surface area contributed by atoms with Gasteiger partial charge in [0.1, 0.15) is 19.1 Å². The molecule has 1 aromatic carbocycles. The highest BCUT2D eigenvalue weighted by molar-refractivity contribution is 5.90. The molecule has 0 aromatic heterocycles. The summed E-state index contributed by atoms with van der Waals surface area (Å²) in [5.41, 5.74) is -0.347. The van der Waals surface area contributed by atoms with Crippen molar-refractivity contribution < 1.29 is 27.4 Å². The first-order chi connectivity index (χ1) is 10.9. The molecule has 23 heavy (non-hydrogen) atoms. The Morgan fingerprint density at radius 3 is 2.61 bits per heavy atom. The lowest BCUT2D eigenvalue weighted by molar-refractivity contribution is -0.0591. The Bertz CT molecular complexity index is 574. The monoisotopic (exact) mass is 329 g/mol. The standard InChI is InChI=1S/C16H18F3NO3/c1-13(16(17,18)19)20-15-8-4-3-6-14(15)7-5-9-22-12-23-11-10-21-2/h3-4,6,8H,9-12H2,1-2H3. The molecular formula is C16H18F3NO3. The zero-order valence-corrected chi connectivity index (χ0v) is 12.9. The lowest BCUT2D eigenvalue weighted by atomic mass is 10.2. The molecule has 1 rings (SSSR count). The van der Waals surface area contributed by atoms with Crippen LogP contribution in [0, 0.1) is 11.8 Å². The van der Waals surface area contributed by atoms with Gasteiger partial charge in [-0.2, -0.15) is 13.2 Å². The molecule has 126 valence electrons. The number of para-hydroxylation sites is 1. The molecule has 0 saturated heterocycles. The number of aliphatic imine (C=N–C) groups is 1. The van der Waals surface area contributed by atoms with Crippen molar-refractivity contribution >= 4 is 11.4 Å². The summed E-state index contributed by atoms with van der Waals surface area (Å²) < 4.78 is 52.6. The summed E-state index contributed by atoms with van der Waals surface area (Å²) in [7, 11) is 1.57. The van der Waals surface area contributed by atoms with Crippen LogP contribution in [0.1, 0.15) is 12.5 Å². The van der Waals surface area contributed by atoms with Crippen molar-refractivity contribution in [3.8, 4) is 11.8 Å². The largest absolute Gasteiger partial charge is 0.429 e. The first-order valence-corrected chi connectivity index (χ1v) is 6.80. The fourth-order valence-corrected chi connectivity index (χ4v) is 1.41. The van der Waals surface area contributed by atoms with Gasteiger partial charge in [-0.3, -0.25) is 0 Å². The van der Waals surface area contributed by atoms with Gasteiger partial charge < -0.3 is 14.2 Å². The molecule has 0 unspecified atom stereocenters. The van der Waals surface area contributed by atoms with Crippen molar-refractivity contribution in [3.05, 3.63) is 29.8 Å². The van der Waals surface area contributed by atoms with Crippen LogP contribution < -0.4 is 0 Å². The molecule has 0 spiro atoms. The third kappa shape index (κ3) is 7.79. The van der Waals surface area contributed by atoms with Crippen LogP contribution in [0.25, 0.3) is 0 Å². The van der Waals surface area contributed by atoms with E-state index >= 15 is 0 Å². The third-order valence-electron chi connectivity index (χ3n) is 2.60. The Kier molecular flexibility index (Phi) is 8.33. The van der Waals surface area contributed by atoms with Crippen LogP contribution in [-0.2, 0) is 14.2 Å². The van der Waals surface area contributed by atoms with Crippen molar-refractivity contribution in [1.29, 1.82) is 0 Å². The van der Waals surface area contributed by atoms with E-state index in [1.165, 1.54) is 6.07 Å². The van der Waals surface area contributed by atoms with E-state index in [9.17, 15) is 13.2 Å². The second kappa shape index (κ2) is 10.0. The molecule has 0 N–H and O–H groups in total. The number of alkyl halides is 3. The Morgan fingerprint density at radius 1 is 1.17 bits per heavy atom. The van der Waals surface area contributed by atoms with Crippen LogP contribution in [0.5, 0.6) is 0 Å². The topological polar surface area (TPSA) is 40.0 Å². The lowest BCUT2D eigenvalue weighted by Gasteiger charge is -2.06. The van der Waals surface area contributed by atoms with Gasteiger partial charge in [0.15, 0.2) is 0 Å². The van der Waals surface area contributed by atoms with Gasteiger partial charge in [-0.15, -0.1) is 0 Å². The van der Waals surface area contributed by atoms with E-state index in [0.29, 0.717) is 18.8 Å². The van der Waals surface area contributed by atoms with Crippen molar-refractivity contribution in [2.75, 3.05) is 33.7 Å². The zero-order valence-electron chi connectivity index (χ0n) is 12.9. The predicted octanol–water partition coefficient (Wildman–Crippen LogP) is 3.33. The first kappa shape index (κ1) is 19.2. The summed E-state index contributed by atoms with van der Waals surface area (Å²) in [6, 6.07) is 6.37. The fraction of sp³-hybridized carbons (Fsp3) is 0.438. The minimum Gasteiger partial charge on any atom is -0.382 e. The van der Waals surface area contributed by atoms with E-state index in [1.807, 2.05) is 0 Å². The molecule has 0 atom stereocenters. The van der Waals surface area contributed by atoms with Gasteiger partial charge in [0.05, 0.1) is 24.5 Å². The maximum Gasteiger partial charge on any atom is 0.429 e. The molecule has 0 amide bonds. The third-order valence-corrected chi connectivity index (χ3v) is 2.60. The van der Waals surface area contributed by atoms with Gasteiger partial charge >= 0.3 is 6.18 Å². The molecule has 4 nitrogen and oxygen atoms in total. The van der Waals surface area contributed by atoms with E-state index in [4.69, 9.17) is 14.2 Å². The van der Waals surface area contributed by atoms with Gasteiger partial charge in [-0.1, -0.05) is 24.0 Å². The number of halogens is 3. The maximum atomic E-state index is 12.5. The van der Waals surface area contributed by atoms with E-state index in [1.54, 1.807) is 25.3 Å². The molecule has 0 aliphatic carbocycles. The molecule has 7 heteroatoms. The van der Waals surface area contributed by atoms with Crippen LogP contribution in [0.2, 0.25) is 0 Å². The van der Waals surface area contributed by atoms with E-state index in [-0.39, 0.29) is 19.1 Å². The van der Waals surface area contributed by atoms with E-state index in [2.05, 4.69) is 16.8 Å². The normalized spacial score (nSPS) is 12.0. The van der Waals surface area contributed by atoms with Crippen LogP contribution in [0.4, 0.5) is 18.9 Å². The molecule has 0 fully saturated rings. The summed E-state index contributed by atoms with van der Waals surface area (Å²) >= 11 is 0. The number of benzene rings is 1. The fourth-order valence-electron chi connectivity index (χ4n) is 1.41. The summed E-state index contributed by atoms with van der Waals surface area (Å²) in [6.07, 6.45) is -4.46. The van der Waals surface area contributed by atoms with Gasteiger partial charge in [-0.25, -0.2) is 4.99 Å². The minimum atomic E-state index is -4.46. The lowest BCUT2D eigenvalue weighted by Crippen LogP contribution is -2.18. The highest BCUT2D eigenvalue weighted by atomic mass is 19.4. The summed E-state index contributed by atoms with van der Waals surface area (Å²) in [5.74, 6) is 5.45. The van der Waals surface area contributed by atoms with Gasteiger partial charge in [0, 0.05) is 7.11 Å². The Labute approximate surface area is 133 Å². The molecule has 0 radical (unpaired) electrons. The second-order valence-corrected chi connectivity index (χ2v) is 4.38. The van der Waals surface area contributed by atoms with Crippen LogP contribution in [0.3, 0.4) is 0 Å². The Hall–Kier alpha value is -1.88. The van der Waals surface area contributed by atoms with Gasteiger partial charge in [-0.05, 0) is 19.1 Å². The predicted molar refractivity (Wildman–Crippen MR) is 80.8 cm³/mol. The molecule has 0 saturated carbocycles. The minimum absolute atomic E-state index is 0.0744. The molecule has 0 aliphatic heterocycles. The van der Waals surface area contributed by atoms with Crippen LogP contribution in [-0.4, -0.2) is 45.6 Å². The maximum absolute atomic E-state index is 12.5. The number of nitrogens with zero attached hydrogens (tertiary/aromatic N) is 1. The summed E-state index contributed by atoms with van der Waals surface area (Å²) in [4.78, 5) is 3.59. The first-order valence-electron chi connectivity index (χ1n) is 6.80. The van der Waals surface area contributed by atoms with Crippen LogP contribution in [0.15, 0.2) is 29.3 Å². The molecule has 0 bridgehead atoms. The summed E-state index contributed by atoms with van der Waals surface area (Å²) in [6.45, 7) is 1.98. The zero-order chi connectivity index (χ0) is 17.1. The second-order valence-electron chi connectivity index (χ2n) is 4.38. The number of hydrogen-bond donors (Lipinski definition) is 0. The van der Waals surface area contributed by atoms with E-state index in [0.717, 1.165) is 6.92 Å². The molecule has 0 heterocycles. The van der Waals surface area contributed by atoms with Crippen molar-refractivity contribution in [2.45, 2.75) is 13.1 Å².